The zero-order valence-electron chi connectivity index (χ0n) is 18.1. The van der Waals surface area contributed by atoms with Gasteiger partial charge in [-0.1, -0.05) is 42.5 Å². The third-order valence-electron chi connectivity index (χ3n) is 5.00. The number of carbonyl (C=O) groups excluding carboxylic acids is 1. The first-order chi connectivity index (χ1) is 16.0. The molecule has 4 rings (SSSR count). The summed E-state index contributed by atoms with van der Waals surface area (Å²) >= 11 is 1.09. The van der Waals surface area contributed by atoms with E-state index in [4.69, 9.17) is 9.47 Å². The van der Waals surface area contributed by atoms with Gasteiger partial charge >= 0.3 is 0 Å². The summed E-state index contributed by atoms with van der Waals surface area (Å²) < 4.78 is 28.7. The molecule has 0 saturated carbocycles. The van der Waals surface area contributed by atoms with Crippen LogP contribution >= 0.6 is 11.5 Å². The molecule has 1 heterocycles. The van der Waals surface area contributed by atoms with E-state index in [9.17, 15) is 9.18 Å². The van der Waals surface area contributed by atoms with E-state index >= 15 is 0 Å². The van der Waals surface area contributed by atoms with E-state index in [0.29, 0.717) is 34.5 Å². The molecule has 1 aromatic heterocycles. The average Bonchev–Trinajstić information content (AvgIpc) is 3.27. The molecule has 0 saturated heterocycles. The first kappa shape index (κ1) is 22.4. The van der Waals surface area contributed by atoms with Gasteiger partial charge in [-0.25, -0.2) is 4.39 Å². The van der Waals surface area contributed by atoms with Gasteiger partial charge in [-0.3, -0.25) is 4.79 Å². The smallest absolute Gasteiger partial charge is 0.298 e. The number of halogens is 1. The molecule has 0 aliphatic heterocycles. The van der Waals surface area contributed by atoms with Crippen LogP contribution in [0.2, 0.25) is 0 Å². The Balaban J connectivity index is 1.47. The highest BCUT2D eigenvalue weighted by atomic mass is 32.1. The number of benzene rings is 3. The summed E-state index contributed by atoms with van der Waals surface area (Å²) in [5, 5.41) is 3.31. The predicted octanol–water partition coefficient (Wildman–Crippen LogP) is 5.56. The summed E-state index contributed by atoms with van der Waals surface area (Å²) in [7, 11) is 1.53. The van der Waals surface area contributed by atoms with Gasteiger partial charge in [0.05, 0.1) is 13.2 Å². The maximum atomic E-state index is 13.1. The first-order valence-electron chi connectivity index (χ1n) is 10.3. The van der Waals surface area contributed by atoms with Crippen LogP contribution in [0.1, 0.15) is 40.3 Å². The van der Waals surface area contributed by atoms with Crippen LogP contribution in [-0.4, -0.2) is 22.4 Å². The number of nitrogens with one attached hydrogen (secondary N) is 1. The molecule has 1 atom stereocenters. The molecule has 1 amide bonds. The zero-order chi connectivity index (χ0) is 23.2. The van der Waals surface area contributed by atoms with Crippen LogP contribution in [0.15, 0.2) is 72.8 Å². The summed E-state index contributed by atoms with van der Waals surface area (Å²) in [4.78, 5) is 17.2. The second-order valence-corrected chi connectivity index (χ2v) is 8.07. The predicted molar refractivity (Wildman–Crippen MR) is 125 cm³/mol. The lowest BCUT2D eigenvalue weighted by atomic mass is 10.1. The van der Waals surface area contributed by atoms with Crippen molar-refractivity contribution in [2.24, 2.45) is 0 Å². The molecule has 8 heteroatoms. The molecular weight excluding hydrogens is 441 g/mol. The summed E-state index contributed by atoms with van der Waals surface area (Å²) in [6, 6.07) is 20.7. The highest BCUT2D eigenvalue weighted by Crippen LogP contribution is 2.33. The lowest BCUT2D eigenvalue weighted by Gasteiger charge is -2.15. The Hall–Kier alpha value is -3.78. The number of ether oxygens (including phenoxy) is 2. The van der Waals surface area contributed by atoms with Crippen LogP contribution in [0.25, 0.3) is 0 Å². The Kier molecular flexibility index (Phi) is 6.95. The Morgan fingerprint density at radius 1 is 1.06 bits per heavy atom. The van der Waals surface area contributed by atoms with E-state index in [2.05, 4.69) is 14.7 Å². The number of nitrogens with zero attached hydrogens (tertiary/aromatic N) is 2. The Labute approximate surface area is 195 Å². The van der Waals surface area contributed by atoms with Gasteiger partial charge in [-0.05, 0) is 48.4 Å². The van der Waals surface area contributed by atoms with E-state index in [1.165, 1.54) is 19.2 Å². The standard InChI is InChI=1S/C25H22FN3O3S/c1-16(18-6-4-3-5-7-18)27-24(30)19-10-13-21(31-2)22(15-19)32-25-28-23(29-33-25)14-17-8-11-20(26)12-9-17/h3-13,15-16H,14H2,1-2H3,(H,27,30)/t16-/m0/s1. The lowest BCUT2D eigenvalue weighted by Crippen LogP contribution is -2.26. The summed E-state index contributed by atoms with van der Waals surface area (Å²) in [5.41, 5.74) is 2.34. The molecule has 0 fully saturated rings. The minimum Gasteiger partial charge on any atom is -0.493 e. The summed E-state index contributed by atoms with van der Waals surface area (Å²) in [5.74, 6) is 0.877. The van der Waals surface area contributed by atoms with Crippen molar-refractivity contribution in [1.29, 1.82) is 0 Å². The lowest BCUT2D eigenvalue weighted by molar-refractivity contribution is 0.0939. The second kappa shape index (κ2) is 10.2. The van der Waals surface area contributed by atoms with Crippen molar-refractivity contribution in [1.82, 2.24) is 14.7 Å². The van der Waals surface area contributed by atoms with Crippen LogP contribution in [0, 0.1) is 5.82 Å². The van der Waals surface area contributed by atoms with Crippen LogP contribution < -0.4 is 14.8 Å². The van der Waals surface area contributed by atoms with E-state index in [0.717, 1.165) is 22.7 Å². The van der Waals surface area contributed by atoms with E-state index < -0.39 is 0 Å². The molecule has 0 radical (unpaired) electrons. The molecule has 0 spiro atoms. The quantitative estimate of drug-likeness (QED) is 0.370. The number of rotatable bonds is 8. The van der Waals surface area contributed by atoms with Gasteiger partial charge in [-0.15, -0.1) is 0 Å². The number of amides is 1. The van der Waals surface area contributed by atoms with Crippen LogP contribution in [0.4, 0.5) is 4.39 Å². The Bertz CT molecular complexity index is 1230. The van der Waals surface area contributed by atoms with Gasteiger partial charge in [0, 0.05) is 23.5 Å². The molecular formula is C25H22FN3O3S. The maximum Gasteiger partial charge on any atom is 0.298 e. The Morgan fingerprint density at radius 2 is 1.82 bits per heavy atom. The topological polar surface area (TPSA) is 73.3 Å². The maximum absolute atomic E-state index is 13.1. The van der Waals surface area contributed by atoms with E-state index in [1.807, 2.05) is 37.3 Å². The van der Waals surface area contributed by atoms with Crippen molar-refractivity contribution in [3.63, 3.8) is 0 Å². The molecule has 168 valence electrons. The zero-order valence-corrected chi connectivity index (χ0v) is 18.9. The van der Waals surface area contributed by atoms with Crippen molar-refractivity contribution >= 4 is 17.4 Å². The van der Waals surface area contributed by atoms with Crippen LogP contribution in [-0.2, 0) is 6.42 Å². The highest BCUT2D eigenvalue weighted by Gasteiger charge is 2.16. The Morgan fingerprint density at radius 3 is 2.55 bits per heavy atom. The van der Waals surface area contributed by atoms with Gasteiger partial charge < -0.3 is 14.8 Å². The normalized spacial score (nSPS) is 11.6. The van der Waals surface area contributed by atoms with Crippen LogP contribution in [0.5, 0.6) is 16.7 Å². The monoisotopic (exact) mass is 463 g/mol. The van der Waals surface area contributed by atoms with E-state index in [1.54, 1.807) is 30.3 Å². The fourth-order valence-corrected chi connectivity index (χ4v) is 3.79. The molecule has 0 unspecified atom stereocenters. The molecule has 6 nitrogen and oxygen atoms in total. The van der Waals surface area contributed by atoms with Gasteiger partial charge in [-0.2, -0.15) is 9.36 Å². The SMILES string of the molecule is COc1ccc(C(=O)N[C@@H](C)c2ccccc2)cc1Oc1nc(Cc2ccc(F)cc2)ns1. The second-order valence-electron chi connectivity index (χ2n) is 7.35. The summed E-state index contributed by atoms with van der Waals surface area (Å²) in [6.07, 6.45) is 0.455. The minimum atomic E-state index is -0.289. The number of aromatic nitrogens is 2. The number of carbonyl (C=O) groups is 1. The van der Waals surface area contributed by atoms with Crippen molar-refractivity contribution in [3.05, 3.63) is 101 Å². The molecule has 0 aliphatic rings. The van der Waals surface area contributed by atoms with Crippen LogP contribution in [0.3, 0.4) is 0 Å². The van der Waals surface area contributed by atoms with Gasteiger partial charge in [0.25, 0.3) is 11.1 Å². The molecule has 33 heavy (non-hydrogen) atoms. The number of hydrogen-bond donors (Lipinski definition) is 1. The molecule has 0 aliphatic carbocycles. The van der Waals surface area contributed by atoms with Crippen molar-refractivity contribution in [2.45, 2.75) is 19.4 Å². The fourth-order valence-electron chi connectivity index (χ4n) is 3.23. The third-order valence-corrected chi connectivity index (χ3v) is 5.63. The minimum absolute atomic E-state index is 0.151. The van der Waals surface area contributed by atoms with Gasteiger partial charge in [0.15, 0.2) is 17.3 Å². The van der Waals surface area contributed by atoms with Gasteiger partial charge in [0.2, 0.25) is 0 Å². The van der Waals surface area contributed by atoms with Gasteiger partial charge in [0.1, 0.15) is 5.82 Å². The van der Waals surface area contributed by atoms with Crippen molar-refractivity contribution in [3.8, 4) is 16.7 Å². The first-order valence-corrected chi connectivity index (χ1v) is 11.1. The molecule has 3 aromatic carbocycles. The largest absolute Gasteiger partial charge is 0.493 e. The van der Waals surface area contributed by atoms with E-state index in [-0.39, 0.29) is 17.8 Å². The van der Waals surface area contributed by atoms with Crippen molar-refractivity contribution in [2.75, 3.05) is 7.11 Å². The fraction of sp³-hybridized carbons (Fsp3) is 0.160. The number of hydrogen-bond acceptors (Lipinski definition) is 6. The average molecular weight is 464 g/mol. The highest BCUT2D eigenvalue weighted by molar-refractivity contribution is 7.07. The summed E-state index contributed by atoms with van der Waals surface area (Å²) in [6.45, 7) is 1.93. The molecule has 4 aromatic rings. The molecule has 0 bridgehead atoms. The third kappa shape index (κ3) is 5.72. The van der Waals surface area contributed by atoms with Crippen molar-refractivity contribution < 1.29 is 18.7 Å². The molecule has 1 N–H and O–H groups in total. The number of methoxy groups -OCH3 is 1.